The Bertz CT molecular complexity index is 721. The fraction of sp³-hybridized carbons (Fsp3) is 0.706. The van der Waals surface area contributed by atoms with Crippen LogP contribution < -0.4 is 4.74 Å². The molecule has 7 rings (SSSR count). The topological polar surface area (TPSA) is 66.0 Å². The Morgan fingerprint density at radius 1 is 1.09 bits per heavy atom. The molecule has 0 N–H and O–H groups in total. The van der Waals surface area contributed by atoms with Gasteiger partial charge in [-0.2, -0.15) is 10.1 Å². The van der Waals surface area contributed by atoms with Crippen molar-refractivity contribution in [2.75, 3.05) is 6.61 Å². The van der Waals surface area contributed by atoms with Crippen LogP contribution in [0, 0.1) is 17.8 Å². The van der Waals surface area contributed by atoms with E-state index in [4.69, 9.17) is 14.2 Å². The smallest absolute Gasteiger partial charge is 0.278 e. The summed E-state index contributed by atoms with van der Waals surface area (Å²) in [6.07, 6.45) is 8.03. The zero-order valence-corrected chi connectivity index (χ0v) is 13.1. The monoisotopic (exact) mass is 312 g/mol. The van der Waals surface area contributed by atoms with Crippen LogP contribution in [0.1, 0.15) is 44.3 Å². The second-order valence-electron chi connectivity index (χ2n) is 8.06. The van der Waals surface area contributed by atoms with Crippen LogP contribution in [-0.2, 0) is 12.0 Å². The van der Waals surface area contributed by atoms with E-state index in [1.807, 2.05) is 10.7 Å². The summed E-state index contributed by atoms with van der Waals surface area (Å²) in [7, 11) is 0. The largest absolute Gasteiger partial charge is 0.476 e. The zero-order valence-electron chi connectivity index (χ0n) is 13.1. The van der Waals surface area contributed by atoms with Gasteiger partial charge in [-0.25, -0.2) is 4.68 Å². The van der Waals surface area contributed by atoms with E-state index in [2.05, 4.69) is 10.3 Å². The van der Waals surface area contributed by atoms with Crippen LogP contribution in [0.25, 0.3) is 11.6 Å². The molecule has 2 aromatic heterocycles. The van der Waals surface area contributed by atoms with Crippen LogP contribution in [0.3, 0.4) is 0 Å². The summed E-state index contributed by atoms with van der Waals surface area (Å²) in [4.78, 5) is 4.77. The Labute approximate surface area is 134 Å². The first kappa shape index (κ1) is 12.6. The lowest BCUT2D eigenvalue weighted by atomic mass is 9.49. The van der Waals surface area contributed by atoms with Crippen molar-refractivity contribution in [3.63, 3.8) is 0 Å². The minimum Gasteiger partial charge on any atom is -0.476 e. The van der Waals surface area contributed by atoms with Crippen LogP contribution in [0.15, 0.2) is 10.6 Å². The summed E-state index contributed by atoms with van der Waals surface area (Å²) >= 11 is 0. The number of hydrogen-bond donors (Lipinski definition) is 0. The molecule has 4 saturated carbocycles. The highest BCUT2D eigenvalue weighted by atomic mass is 16.5. The van der Waals surface area contributed by atoms with Gasteiger partial charge in [0.05, 0.1) is 6.54 Å². The van der Waals surface area contributed by atoms with Crippen molar-refractivity contribution in [3.05, 3.63) is 11.9 Å². The lowest BCUT2D eigenvalue weighted by molar-refractivity contribution is -0.0103. The summed E-state index contributed by atoms with van der Waals surface area (Å²) < 4.78 is 13.0. The molecule has 6 heteroatoms. The molecule has 0 radical (unpaired) electrons. The van der Waals surface area contributed by atoms with E-state index in [1.54, 1.807) is 0 Å². The number of aromatic nitrogens is 4. The average molecular weight is 312 g/mol. The van der Waals surface area contributed by atoms with Crippen LogP contribution in [0.2, 0.25) is 0 Å². The molecule has 5 aliphatic rings. The summed E-state index contributed by atoms with van der Waals surface area (Å²) in [5, 5.41) is 8.91. The first-order chi connectivity index (χ1) is 11.3. The molecule has 6 nitrogen and oxygen atoms in total. The fourth-order valence-electron chi connectivity index (χ4n) is 5.94. The van der Waals surface area contributed by atoms with E-state index in [-0.39, 0.29) is 5.41 Å². The van der Waals surface area contributed by atoms with E-state index < -0.39 is 0 Å². The average Bonchev–Trinajstić information content (AvgIpc) is 3.21. The van der Waals surface area contributed by atoms with Crippen LogP contribution in [0.5, 0.6) is 5.88 Å². The third-order valence-electron chi connectivity index (χ3n) is 6.45. The van der Waals surface area contributed by atoms with Gasteiger partial charge < -0.3 is 9.26 Å². The van der Waals surface area contributed by atoms with Crippen LogP contribution in [0.4, 0.5) is 0 Å². The van der Waals surface area contributed by atoms with Gasteiger partial charge in [0, 0.05) is 11.5 Å². The Kier molecular flexibility index (Phi) is 2.27. The molecule has 1 aliphatic heterocycles. The van der Waals surface area contributed by atoms with Gasteiger partial charge in [-0.1, -0.05) is 5.16 Å². The fourth-order valence-corrected chi connectivity index (χ4v) is 5.94. The molecule has 0 amide bonds. The lowest BCUT2D eigenvalue weighted by Gasteiger charge is -2.55. The number of ether oxygens (including phenoxy) is 1. The van der Waals surface area contributed by atoms with Crippen molar-refractivity contribution < 1.29 is 9.26 Å². The van der Waals surface area contributed by atoms with E-state index in [0.717, 1.165) is 41.7 Å². The second-order valence-corrected chi connectivity index (χ2v) is 8.06. The van der Waals surface area contributed by atoms with Crippen LogP contribution in [-0.4, -0.2) is 26.5 Å². The Hall–Kier alpha value is -1.85. The van der Waals surface area contributed by atoms with E-state index in [0.29, 0.717) is 12.5 Å². The van der Waals surface area contributed by atoms with Crippen molar-refractivity contribution in [1.29, 1.82) is 0 Å². The van der Waals surface area contributed by atoms with E-state index in [9.17, 15) is 0 Å². The number of hydrogen-bond acceptors (Lipinski definition) is 5. The molecule has 4 bridgehead atoms. The molecule has 4 aliphatic carbocycles. The minimum absolute atomic E-state index is 0.176. The summed E-state index contributed by atoms with van der Waals surface area (Å²) in [5.41, 5.74) is 0.915. The van der Waals surface area contributed by atoms with Gasteiger partial charge >= 0.3 is 0 Å². The molecule has 0 saturated heterocycles. The molecule has 0 aromatic carbocycles. The first-order valence-corrected chi connectivity index (χ1v) is 8.83. The molecule has 3 heterocycles. The van der Waals surface area contributed by atoms with Gasteiger partial charge in [-0.3, -0.25) is 0 Å². The predicted molar refractivity (Wildman–Crippen MR) is 80.9 cm³/mol. The van der Waals surface area contributed by atoms with Gasteiger partial charge in [0.15, 0.2) is 11.5 Å². The molecular weight excluding hydrogens is 292 g/mol. The highest BCUT2D eigenvalue weighted by molar-refractivity contribution is 5.49. The molecule has 23 heavy (non-hydrogen) atoms. The normalized spacial score (nSPS) is 37.1. The maximum atomic E-state index is 5.58. The highest BCUT2D eigenvalue weighted by Gasteiger charge is 2.53. The number of nitrogens with zero attached hydrogens (tertiary/aromatic N) is 4. The number of rotatable bonds is 2. The van der Waals surface area contributed by atoms with Gasteiger partial charge in [0.1, 0.15) is 6.61 Å². The predicted octanol–water partition coefficient (Wildman–Crippen LogP) is 2.79. The zero-order chi connectivity index (χ0) is 15.0. The maximum Gasteiger partial charge on any atom is 0.278 e. The number of fused-ring (bicyclic) bond motifs is 1. The summed E-state index contributed by atoms with van der Waals surface area (Å²) in [5.74, 6) is 4.92. The molecule has 0 spiro atoms. The molecule has 2 aromatic rings. The Morgan fingerprint density at radius 2 is 1.83 bits per heavy atom. The summed E-state index contributed by atoms with van der Waals surface area (Å²) in [6.45, 7) is 1.50. The lowest BCUT2D eigenvalue weighted by Crippen LogP contribution is -2.49. The third-order valence-corrected chi connectivity index (χ3v) is 6.45. The summed E-state index contributed by atoms with van der Waals surface area (Å²) in [6, 6.07) is 1.91. The van der Waals surface area contributed by atoms with Gasteiger partial charge in [-0.15, -0.1) is 0 Å². The molecule has 4 fully saturated rings. The third kappa shape index (κ3) is 1.72. The molecular formula is C17H20N4O2. The quantitative estimate of drug-likeness (QED) is 0.853. The highest BCUT2D eigenvalue weighted by Crippen LogP contribution is 2.60. The van der Waals surface area contributed by atoms with Gasteiger partial charge in [-0.05, 0) is 56.3 Å². The van der Waals surface area contributed by atoms with Crippen molar-refractivity contribution in [1.82, 2.24) is 19.9 Å². The Morgan fingerprint density at radius 3 is 2.52 bits per heavy atom. The maximum absolute atomic E-state index is 5.58. The standard InChI is InChI=1S/C17H20N4O2/c1-2-22-14-6-13(19-21(1)14)15-18-16(20-23-15)17-7-10-3-11(8-17)5-12(4-10)9-17/h6,10-12H,1-5,7-9H2. The Balaban J connectivity index is 1.36. The molecule has 0 atom stereocenters. The molecule has 120 valence electrons. The second kappa shape index (κ2) is 4.16. The molecule has 0 unspecified atom stereocenters. The van der Waals surface area contributed by atoms with Gasteiger partial charge in [0.25, 0.3) is 5.89 Å². The SMILES string of the molecule is c1c(-c2nc(C34CC5CC(CC(C5)C3)C4)no2)nn2c1OCC2. The van der Waals surface area contributed by atoms with E-state index >= 15 is 0 Å². The first-order valence-electron chi connectivity index (χ1n) is 8.83. The van der Waals surface area contributed by atoms with Crippen LogP contribution >= 0.6 is 0 Å². The van der Waals surface area contributed by atoms with Crippen molar-refractivity contribution in [2.24, 2.45) is 17.8 Å². The minimum atomic E-state index is 0.176. The van der Waals surface area contributed by atoms with Crippen molar-refractivity contribution >= 4 is 0 Å². The van der Waals surface area contributed by atoms with E-state index in [1.165, 1.54) is 38.5 Å². The van der Waals surface area contributed by atoms with Crippen molar-refractivity contribution in [3.8, 4) is 17.5 Å². The van der Waals surface area contributed by atoms with Gasteiger partial charge in [0.2, 0.25) is 5.88 Å². The van der Waals surface area contributed by atoms with Crippen molar-refractivity contribution in [2.45, 2.75) is 50.5 Å².